The summed E-state index contributed by atoms with van der Waals surface area (Å²) in [7, 11) is 0. The number of hydrogen-bond acceptors (Lipinski definition) is 1. The first-order chi connectivity index (χ1) is 5.29. The molecule has 0 saturated carbocycles. The highest BCUT2D eigenvalue weighted by molar-refractivity contribution is 6.28. The minimum Gasteiger partial charge on any atom is -0.461 e. The van der Waals surface area contributed by atoms with Crippen LogP contribution in [0.2, 0.25) is 0 Å². The van der Waals surface area contributed by atoms with Crippen LogP contribution in [0.1, 0.15) is 0 Å². The molecule has 0 aliphatic carbocycles. The molecule has 0 atom stereocenters. The van der Waals surface area contributed by atoms with E-state index in [-0.39, 0.29) is 0 Å². The largest absolute Gasteiger partial charge is 0.461 e. The van der Waals surface area contributed by atoms with E-state index < -0.39 is 5.29 Å². The fraction of sp³-hybridized carbons (Fsp3) is 0. The Balaban J connectivity index is 2.59. The summed E-state index contributed by atoms with van der Waals surface area (Å²) in [5.41, 5.74) is 0. The van der Waals surface area contributed by atoms with Crippen LogP contribution in [0.3, 0.4) is 0 Å². The lowest BCUT2D eigenvalue weighted by atomic mass is 10.3. The predicted octanol–water partition coefficient (Wildman–Crippen LogP) is 3.07. The molecule has 0 aromatic heterocycles. The van der Waals surface area contributed by atoms with Gasteiger partial charge in [0, 0.05) is 0 Å². The summed E-state index contributed by atoms with van der Waals surface area (Å²) in [6, 6.07) is 8.82. The van der Waals surface area contributed by atoms with Crippen molar-refractivity contribution in [2.75, 3.05) is 0 Å². The minimum atomic E-state index is -0.867. The second-order valence-corrected chi connectivity index (χ2v) is 2.20. The van der Waals surface area contributed by atoms with Crippen molar-refractivity contribution in [2.24, 2.45) is 0 Å². The highest BCUT2D eigenvalue weighted by Gasteiger charge is 1.88. The molecule has 0 fully saturated rings. The van der Waals surface area contributed by atoms with Crippen LogP contribution in [0.15, 0.2) is 41.9 Å². The summed E-state index contributed by atoms with van der Waals surface area (Å²) in [6.45, 7) is 0. The van der Waals surface area contributed by atoms with Crippen molar-refractivity contribution >= 4 is 11.6 Å². The van der Waals surface area contributed by atoms with Gasteiger partial charge in [0.15, 0.2) is 0 Å². The Kier molecular flexibility index (Phi) is 2.93. The molecule has 0 N–H and O–H groups in total. The standard InChI is InChI=1S/C8H6ClFO/c9-8(10)6-11-7-4-2-1-3-5-7/h1-6H. The van der Waals surface area contributed by atoms with Crippen LogP contribution in [0, 0.1) is 0 Å². The third kappa shape index (κ3) is 3.05. The Morgan fingerprint density at radius 1 is 1.36 bits per heavy atom. The van der Waals surface area contributed by atoms with E-state index in [4.69, 9.17) is 16.3 Å². The van der Waals surface area contributed by atoms with Crippen LogP contribution in [0.4, 0.5) is 4.39 Å². The van der Waals surface area contributed by atoms with E-state index >= 15 is 0 Å². The molecule has 1 nitrogen and oxygen atoms in total. The number of halogens is 2. The van der Waals surface area contributed by atoms with Crippen molar-refractivity contribution < 1.29 is 9.13 Å². The van der Waals surface area contributed by atoms with Gasteiger partial charge in [-0.05, 0) is 23.7 Å². The zero-order chi connectivity index (χ0) is 8.10. The maximum absolute atomic E-state index is 11.9. The van der Waals surface area contributed by atoms with Gasteiger partial charge in [0.05, 0.1) is 0 Å². The van der Waals surface area contributed by atoms with Gasteiger partial charge in [-0.2, -0.15) is 4.39 Å². The average Bonchev–Trinajstić information content (AvgIpc) is 2.03. The molecule has 0 unspecified atom stereocenters. The predicted molar refractivity (Wildman–Crippen MR) is 42.1 cm³/mol. The van der Waals surface area contributed by atoms with E-state index in [1.54, 1.807) is 24.3 Å². The topological polar surface area (TPSA) is 9.23 Å². The van der Waals surface area contributed by atoms with Crippen molar-refractivity contribution in [1.82, 2.24) is 0 Å². The SMILES string of the molecule is FC(Cl)=COc1ccccc1. The summed E-state index contributed by atoms with van der Waals surface area (Å²) in [5, 5.41) is -0.867. The molecule has 58 valence electrons. The van der Waals surface area contributed by atoms with E-state index in [9.17, 15) is 4.39 Å². The second kappa shape index (κ2) is 3.98. The summed E-state index contributed by atoms with van der Waals surface area (Å²) in [5.74, 6) is 0.559. The maximum atomic E-state index is 11.9. The maximum Gasteiger partial charge on any atom is 0.224 e. The Hall–Kier alpha value is -1.02. The molecule has 0 aliphatic rings. The van der Waals surface area contributed by atoms with Gasteiger partial charge in [0.2, 0.25) is 5.29 Å². The lowest BCUT2D eigenvalue weighted by molar-refractivity contribution is 0.461. The van der Waals surface area contributed by atoms with Gasteiger partial charge in [-0.3, -0.25) is 0 Å². The van der Waals surface area contributed by atoms with Crippen molar-refractivity contribution in [3.63, 3.8) is 0 Å². The summed E-state index contributed by atoms with van der Waals surface area (Å²) >= 11 is 4.90. The van der Waals surface area contributed by atoms with Crippen LogP contribution in [0.5, 0.6) is 5.75 Å². The van der Waals surface area contributed by atoms with Crippen molar-refractivity contribution in [3.05, 3.63) is 41.9 Å². The van der Waals surface area contributed by atoms with E-state index in [0.29, 0.717) is 5.75 Å². The molecule has 0 saturated heterocycles. The van der Waals surface area contributed by atoms with Crippen LogP contribution >= 0.6 is 11.6 Å². The molecule has 11 heavy (non-hydrogen) atoms. The van der Waals surface area contributed by atoms with Crippen LogP contribution < -0.4 is 4.74 Å². The zero-order valence-electron chi connectivity index (χ0n) is 5.63. The van der Waals surface area contributed by atoms with E-state index in [0.717, 1.165) is 6.26 Å². The van der Waals surface area contributed by atoms with Crippen LogP contribution in [0.25, 0.3) is 0 Å². The highest BCUT2D eigenvalue weighted by atomic mass is 35.5. The van der Waals surface area contributed by atoms with Crippen LogP contribution in [-0.4, -0.2) is 0 Å². The lowest BCUT2D eigenvalue weighted by Crippen LogP contribution is -1.80. The summed E-state index contributed by atoms with van der Waals surface area (Å²) in [6.07, 6.45) is 0.844. The van der Waals surface area contributed by atoms with E-state index in [1.165, 1.54) is 0 Å². The molecule has 0 bridgehead atoms. The Morgan fingerprint density at radius 2 is 2.00 bits per heavy atom. The number of hydrogen-bond donors (Lipinski definition) is 0. The molecule has 0 amide bonds. The van der Waals surface area contributed by atoms with Gasteiger partial charge in [-0.15, -0.1) is 0 Å². The molecule has 0 heterocycles. The van der Waals surface area contributed by atoms with Gasteiger partial charge in [-0.25, -0.2) is 0 Å². The van der Waals surface area contributed by atoms with Crippen molar-refractivity contribution in [1.29, 1.82) is 0 Å². The van der Waals surface area contributed by atoms with Crippen molar-refractivity contribution in [2.45, 2.75) is 0 Å². The first-order valence-electron chi connectivity index (χ1n) is 3.02. The molecule has 1 aromatic carbocycles. The van der Waals surface area contributed by atoms with Gasteiger partial charge in [0.25, 0.3) is 0 Å². The Labute approximate surface area is 69.1 Å². The molecule has 0 radical (unpaired) electrons. The third-order valence-electron chi connectivity index (χ3n) is 1.03. The number of ether oxygens (including phenoxy) is 1. The fourth-order valence-corrected chi connectivity index (χ4v) is 0.656. The van der Waals surface area contributed by atoms with Gasteiger partial charge < -0.3 is 4.74 Å². The third-order valence-corrected chi connectivity index (χ3v) is 1.12. The summed E-state index contributed by atoms with van der Waals surface area (Å²) in [4.78, 5) is 0. The smallest absolute Gasteiger partial charge is 0.224 e. The zero-order valence-corrected chi connectivity index (χ0v) is 6.38. The number of benzene rings is 1. The molecule has 0 aliphatic heterocycles. The second-order valence-electron chi connectivity index (χ2n) is 1.84. The minimum absolute atomic E-state index is 0.559. The molecule has 1 rings (SSSR count). The average molecular weight is 173 g/mol. The molecule has 3 heteroatoms. The highest BCUT2D eigenvalue weighted by Crippen LogP contribution is 2.10. The lowest BCUT2D eigenvalue weighted by Gasteiger charge is -1.96. The first kappa shape index (κ1) is 8.08. The van der Waals surface area contributed by atoms with Crippen LogP contribution in [-0.2, 0) is 0 Å². The van der Waals surface area contributed by atoms with Crippen molar-refractivity contribution in [3.8, 4) is 5.75 Å². The normalized spacial score (nSPS) is 11.3. The molecular weight excluding hydrogens is 167 g/mol. The quantitative estimate of drug-likeness (QED) is 0.623. The van der Waals surface area contributed by atoms with E-state index in [1.807, 2.05) is 6.07 Å². The van der Waals surface area contributed by atoms with Gasteiger partial charge in [0.1, 0.15) is 12.0 Å². The van der Waals surface area contributed by atoms with E-state index in [2.05, 4.69) is 0 Å². The first-order valence-corrected chi connectivity index (χ1v) is 3.40. The monoisotopic (exact) mass is 172 g/mol. The molecular formula is C8H6ClFO. The summed E-state index contributed by atoms with van der Waals surface area (Å²) < 4.78 is 16.7. The fourth-order valence-electron chi connectivity index (χ4n) is 0.612. The number of rotatable bonds is 2. The number of para-hydroxylation sites is 1. The Bertz CT molecular complexity index is 242. The molecule has 1 aromatic rings. The van der Waals surface area contributed by atoms with Gasteiger partial charge in [-0.1, -0.05) is 18.2 Å². The van der Waals surface area contributed by atoms with Gasteiger partial charge >= 0.3 is 0 Å². The Morgan fingerprint density at radius 3 is 2.55 bits per heavy atom. The molecule has 0 spiro atoms.